The number of non-ortho nitro benzene ring substituents is 1. The van der Waals surface area contributed by atoms with Crippen LogP contribution in [0.5, 0.6) is 11.5 Å². The van der Waals surface area contributed by atoms with Gasteiger partial charge in [0, 0.05) is 28.9 Å². The Morgan fingerprint density at radius 3 is 2.58 bits per heavy atom. The number of anilines is 1. The summed E-state index contributed by atoms with van der Waals surface area (Å²) in [5.74, 6) is 0.382. The van der Waals surface area contributed by atoms with Gasteiger partial charge in [0.2, 0.25) is 0 Å². The topological polar surface area (TPSA) is 130 Å². The van der Waals surface area contributed by atoms with E-state index in [9.17, 15) is 19.7 Å². The lowest BCUT2D eigenvalue weighted by Crippen LogP contribution is -3.12. The van der Waals surface area contributed by atoms with Crippen molar-refractivity contribution in [2.24, 2.45) is 4.99 Å². The van der Waals surface area contributed by atoms with Crippen molar-refractivity contribution in [2.45, 2.75) is 19.9 Å². The number of likely N-dealkylation sites (N-methyl/N-ethyl adjacent to an activating group) is 1. The van der Waals surface area contributed by atoms with Gasteiger partial charge in [0.05, 0.1) is 74.8 Å². The Kier molecular flexibility index (Phi) is 8.64. The van der Waals surface area contributed by atoms with Gasteiger partial charge < -0.3 is 24.0 Å². The summed E-state index contributed by atoms with van der Waals surface area (Å²) >= 11 is 1.16. The summed E-state index contributed by atoms with van der Waals surface area (Å²) in [6.45, 7) is 6.98. The lowest BCUT2D eigenvalue weighted by atomic mass is 9.94. The molecule has 3 heterocycles. The Balaban J connectivity index is 1.74. The fraction of sp³-hybridized carbons (Fsp3) is 0.367. The van der Waals surface area contributed by atoms with E-state index in [0.717, 1.165) is 43.2 Å². The summed E-state index contributed by atoms with van der Waals surface area (Å²) in [7, 11) is 5.18. The number of benzene rings is 2. The first-order valence-corrected chi connectivity index (χ1v) is 14.7. The molecule has 2 aromatic carbocycles. The van der Waals surface area contributed by atoms with Crippen molar-refractivity contribution in [3.63, 3.8) is 0 Å². The number of thiazole rings is 1. The molecule has 226 valence electrons. The molecule has 0 amide bonds. The zero-order valence-electron chi connectivity index (χ0n) is 24.7. The standard InChI is InChI=1S/C30H33N5O7S/c1-6-42-29(37)26-18(2)31-30-34(27(26)22-17-21(40-4)8-10-24(22)41-5)28(36)25(43-30)16-19-15-20(35(38)39)7-9-23(19)33-13-11-32(3)12-14-33/h7-10,15-17,27H,6,11-14H2,1-5H3/p+1. The second kappa shape index (κ2) is 12.4. The number of carbonyl (C=O) groups excluding carboxylic acids is 1. The highest BCUT2D eigenvalue weighted by Crippen LogP contribution is 2.38. The summed E-state index contributed by atoms with van der Waals surface area (Å²) in [5, 5.41) is 11.7. The number of nitro groups is 1. The van der Waals surface area contributed by atoms with Crippen LogP contribution in [0.3, 0.4) is 0 Å². The van der Waals surface area contributed by atoms with Crippen molar-refractivity contribution >= 4 is 34.8 Å². The third-order valence-electron chi connectivity index (χ3n) is 7.71. The number of methoxy groups -OCH3 is 2. The Labute approximate surface area is 251 Å². The molecule has 5 rings (SSSR count). The molecule has 0 aliphatic carbocycles. The Morgan fingerprint density at radius 2 is 1.93 bits per heavy atom. The number of nitrogens with one attached hydrogen (secondary N) is 1. The molecule has 0 saturated carbocycles. The molecule has 1 fully saturated rings. The maximum atomic E-state index is 14.2. The van der Waals surface area contributed by atoms with Gasteiger partial charge in [-0.05, 0) is 44.2 Å². The minimum Gasteiger partial charge on any atom is -0.497 e. The number of rotatable bonds is 8. The van der Waals surface area contributed by atoms with Crippen LogP contribution in [0.25, 0.3) is 6.08 Å². The van der Waals surface area contributed by atoms with Crippen molar-refractivity contribution in [1.82, 2.24) is 4.57 Å². The first kappa shape index (κ1) is 30.0. The number of hydrogen-bond donors (Lipinski definition) is 1. The number of allylic oxidation sites excluding steroid dienone is 1. The van der Waals surface area contributed by atoms with Crippen LogP contribution in [0.1, 0.15) is 31.0 Å². The zero-order valence-corrected chi connectivity index (χ0v) is 25.5. The van der Waals surface area contributed by atoms with Crippen LogP contribution in [0.2, 0.25) is 0 Å². The molecule has 1 N–H and O–H groups in total. The van der Waals surface area contributed by atoms with Crippen LogP contribution in [-0.2, 0) is 9.53 Å². The lowest BCUT2D eigenvalue weighted by molar-refractivity contribution is -0.880. The fourth-order valence-corrected chi connectivity index (χ4v) is 6.51. The molecule has 1 aromatic heterocycles. The van der Waals surface area contributed by atoms with Gasteiger partial charge in [-0.25, -0.2) is 9.79 Å². The van der Waals surface area contributed by atoms with Crippen LogP contribution in [-0.4, -0.2) is 69.5 Å². The van der Waals surface area contributed by atoms with Gasteiger partial charge in [0.25, 0.3) is 11.2 Å². The van der Waals surface area contributed by atoms with E-state index in [2.05, 4.69) is 16.9 Å². The van der Waals surface area contributed by atoms with Crippen molar-refractivity contribution in [1.29, 1.82) is 0 Å². The lowest BCUT2D eigenvalue weighted by Gasteiger charge is -2.32. The van der Waals surface area contributed by atoms with E-state index >= 15 is 0 Å². The Bertz CT molecular complexity index is 1790. The molecule has 0 bridgehead atoms. The highest BCUT2D eigenvalue weighted by atomic mass is 32.1. The summed E-state index contributed by atoms with van der Waals surface area (Å²) in [4.78, 5) is 47.4. The zero-order chi connectivity index (χ0) is 30.8. The maximum absolute atomic E-state index is 14.2. The molecule has 1 unspecified atom stereocenters. The van der Waals surface area contributed by atoms with E-state index in [-0.39, 0.29) is 17.9 Å². The number of hydrogen-bond acceptors (Lipinski definition) is 10. The second-order valence-electron chi connectivity index (χ2n) is 10.4. The smallest absolute Gasteiger partial charge is 0.338 e. The number of quaternary nitrogens is 1. The SMILES string of the molecule is CCOC(=O)C1=C(C)N=c2sc(=Cc3cc([N+](=O)[O-])ccc3N3CC[NH+](C)CC3)c(=O)n2C1c1cc(OC)ccc1OC. The largest absolute Gasteiger partial charge is 0.497 e. The molecule has 12 nitrogen and oxygen atoms in total. The number of aromatic nitrogens is 1. The van der Waals surface area contributed by atoms with E-state index in [1.807, 2.05) is 0 Å². The average molecular weight is 609 g/mol. The predicted octanol–water partition coefficient (Wildman–Crippen LogP) is 1.06. The summed E-state index contributed by atoms with van der Waals surface area (Å²) in [6, 6.07) is 9.00. The average Bonchev–Trinajstić information content (AvgIpc) is 3.30. The van der Waals surface area contributed by atoms with E-state index in [4.69, 9.17) is 14.2 Å². The highest BCUT2D eigenvalue weighted by Gasteiger charge is 2.35. The number of nitrogens with zero attached hydrogens (tertiary/aromatic N) is 4. The van der Waals surface area contributed by atoms with Crippen LogP contribution in [0.4, 0.5) is 11.4 Å². The molecule has 0 spiro atoms. The van der Waals surface area contributed by atoms with Gasteiger partial charge in [0.15, 0.2) is 4.80 Å². The number of esters is 1. The van der Waals surface area contributed by atoms with Crippen LogP contribution < -0.4 is 34.2 Å². The Hall–Kier alpha value is -4.49. The monoisotopic (exact) mass is 608 g/mol. The van der Waals surface area contributed by atoms with Gasteiger partial charge in [-0.1, -0.05) is 11.3 Å². The molecule has 1 atom stereocenters. The summed E-state index contributed by atoms with van der Waals surface area (Å²) in [5.41, 5.74) is 2.08. The number of piperazine rings is 1. The summed E-state index contributed by atoms with van der Waals surface area (Å²) < 4.78 is 18.3. The number of nitro benzene ring substituents is 1. The third kappa shape index (κ3) is 5.77. The van der Waals surface area contributed by atoms with Gasteiger partial charge in [-0.2, -0.15) is 0 Å². The first-order chi connectivity index (χ1) is 20.7. The highest BCUT2D eigenvalue weighted by molar-refractivity contribution is 7.07. The molecular weight excluding hydrogens is 574 g/mol. The maximum Gasteiger partial charge on any atom is 0.338 e. The van der Waals surface area contributed by atoms with Gasteiger partial charge in [-0.3, -0.25) is 19.5 Å². The van der Waals surface area contributed by atoms with Crippen molar-refractivity contribution < 1.29 is 28.8 Å². The van der Waals surface area contributed by atoms with E-state index in [1.165, 1.54) is 35.8 Å². The van der Waals surface area contributed by atoms with Crippen molar-refractivity contribution in [2.75, 3.05) is 59.0 Å². The van der Waals surface area contributed by atoms with Gasteiger partial charge in [-0.15, -0.1) is 0 Å². The third-order valence-corrected chi connectivity index (χ3v) is 8.70. The van der Waals surface area contributed by atoms with Crippen molar-refractivity contribution in [3.05, 3.63) is 88.6 Å². The first-order valence-electron chi connectivity index (χ1n) is 13.9. The number of carbonyl (C=O) groups is 1. The van der Waals surface area contributed by atoms with E-state index in [1.54, 1.807) is 44.2 Å². The molecule has 2 aliphatic heterocycles. The Morgan fingerprint density at radius 1 is 1.19 bits per heavy atom. The normalized spacial score (nSPS) is 17.4. The van der Waals surface area contributed by atoms with Crippen molar-refractivity contribution in [3.8, 4) is 11.5 Å². The molecule has 1 saturated heterocycles. The minimum atomic E-state index is -0.910. The minimum absolute atomic E-state index is 0.0676. The van der Waals surface area contributed by atoms with Crippen LogP contribution >= 0.6 is 11.3 Å². The molecule has 0 radical (unpaired) electrons. The number of ether oxygens (including phenoxy) is 3. The van der Waals surface area contributed by atoms with E-state index in [0.29, 0.717) is 37.7 Å². The predicted molar refractivity (Wildman–Crippen MR) is 162 cm³/mol. The van der Waals surface area contributed by atoms with E-state index < -0.39 is 22.5 Å². The van der Waals surface area contributed by atoms with Gasteiger partial charge in [0.1, 0.15) is 17.5 Å². The number of fused-ring (bicyclic) bond motifs is 1. The molecular formula is C30H34N5O7S+. The second-order valence-corrected chi connectivity index (χ2v) is 11.4. The quantitative estimate of drug-likeness (QED) is 0.228. The molecule has 13 heteroatoms. The molecule has 3 aromatic rings. The van der Waals surface area contributed by atoms with Crippen LogP contribution in [0, 0.1) is 10.1 Å². The molecule has 43 heavy (non-hydrogen) atoms. The fourth-order valence-electron chi connectivity index (χ4n) is 5.47. The summed E-state index contributed by atoms with van der Waals surface area (Å²) in [6.07, 6.45) is 1.68. The van der Waals surface area contributed by atoms with Gasteiger partial charge >= 0.3 is 5.97 Å². The molecule has 2 aliphatic rings. The van der Waals surface area contributed by atoms with Crippen LogP contribution in [0.15, 0.2) is 57.5 Å².